The van der Waals surface area contributed by atoms with Crippen molar-refractivity contribution in [2.24, 2.45) is 0 Å². The van der Waals surface area contributed by atoms with Gasteiger partial charge in [0.15, 0.2) is 0 Å². The first-order valence-electron chi connectivity index (χ1n) is 6.05. The molecule has 0 spiro atoms. The van der Waals surface area contributed by atoms with Crippen LogP contribution in [0.5, 0.6) is 0 Å². The van der Waals surface area contributed by atoms with Crippen LogP contribution in [-0.4, -0.2) is 15.2 Å². The molecule has 0 amide bonds. The fourth-order valence-corrected chi connectivity index (χ4v) is 2.75. The Morgan fingerprint density at radius 2 is 2.05 bits per heavy atom. The number of fused-ring (bicyclic) bond motifs is 1. The molecule has 3 aromatic rings. The summed E-state index contributed by atoms with van der Waals surface area (Å²) in [5.74, 6) is 0. The second kappa shape index (κ2) is 4.59. The first-order valence-corrected chi connectivity index (χ1v) is 6.93. The zero-order valence-corrected chi connectivity index (χ0v) is 11.6. The molecule has 3 rings (SSSR count). The fraction of sp³-hybridized carbons (Fsp3) is 0.214. The molecular weight excluding hydrogens is 256 g/mol. The van der Waals surface area contributed by atoms with E-state index < -0.39 is 0 Å². The molecule has 96 valence electrons. The van der Waals surface area contributed by atoms with Gasteiger partial charge in [0, 0.05) is 17.0 Å². The zero-order valence-electron chi connectivity index (χ0n) is 10.8. The van der Waals surface area contributed by atoms with Gasteiger partial charge in [0.2, 0.25) is 0 Å². The SMILES string of the molecule is CC(C)(Nc1cnnc2ccccc12)c1nccs1. The Morgan fingerprint density at radius 3 is 2.84 bits per heavy atom. The van der Waals surface area contributed by atoms with E-state index >= 15 is 0 Å². The quantitative estimate of drug-likeness (QED) is 0.792. The van der Waals surface area contributed by atoms with Gasteiger partial charge in [-0.2, -0.15) is 10.2 Å². The van der Waals surface area contributed by atoms with Crippen LogP contribution >= 0.6 is 11.3 Å². The second-order valence-corrected chi connectivity index (χ2v) is 5.76. The Labute approximate surface area is 115 Å². The predicted octanol–water partition coefficient (Wildman–Crippen LogP) is 3.43. The van der Waals surface area contributed by atoms with Crippen molar-refractivity contribution in [1.82, 2.24) is 15.2 Å². The Hall–Kier alpha value is -2.01. The van der Waals surface area contributed by atoms with Gasteiger partial charge in [0.25, 0.3) is 0 Å². The van der Waals surface area contributed by atoms with E-state index in [1.165, 1.54) is 0 Å². The maximum atomic E-state index is 4.38. The van der Waals surface area contributed by atoms with Gasteiger partial charge in [-0.1, -0.05) is 18.2 Å². The summed E-state index contributed by atoms with van der Waals surface area (Å²) in [7, 11) is 0. The summed E-state index contributed by atoms with van der Waals surface area (Å²) in [5.41, 5.74) is 1.63. The van der Waals surface area contributed by atoms with Gasteiger partial charge >= 0.3 is 0 Å². The zero-order chi connectivity index (χ0) is 13.3. The number of aromatic nitrogens is 3. The second-order valence-electron chi connectivity index (χ2n) is 4.86. The molecule has 1 aromatic carbocycles. The number of anilines is 1. The van der Waals surface area contributed by atoms with Crippen LogP contribution in [0.2, 0.25) is 0 Å². The summed E-state index contributed by atoms with van der Waals surface area (Å²) in [6, 6.07) is 7.98. The molecule has 0 bridgehead atoms. The lowest BCUT2D eigenvalue weighted by Crippen LogP contribution is -2.27. The van der Waals surface area contributed by atoms with Crippen LogP contribution in [0.4, 0.5) is 5.69 Å². The van der Waals surface area contributed by atoms with Gasteiger partial charge in [-0.25, -0.2) is 4.98 Å². The molecule has 0 aliphatic rings. The number of nitrogens with one attached hydrogen (secondary N) is 1. The summed E-state index contributed by atoms with van der Waals surface area (Å²) >= 11 is 1.64. The van der Waals surface area contributed by atoms with Gasteiger partial charge in [-0.05, 0) is 19.9 Å². The lowest BCUT2D eigenvalue weighted by atomic mass is 10.1. The van der Waals surface area contributed by atoms with E-state index in [9.17, 15) is 0 Å². The Balaban J connectivity index is 2.02. The standard InChI is InChI=1S/C14H14N4S/c1-14(2,13-15-7-8-19-13)17-12-9-16-18-11-6-4-3-5-10(11)12/h3-9H,1-2H3,(H,17,18). The van der Waals surface area contributed by atoms with Crippen molar-refractivity contribution in [2.45, 2.75) is 19.4 Å². The van der Waals surface area contributed by atoms with Crippen molar-refractivity contribution >= 4 is 27.9 Å². The van der Waals surface area contributed by atoms with Crippen molar-refractivity contribution in [3.05, 3.63) is 47.0 Å². The van der Waals surface area contributed by atoms with E-state index in [1.807, 2.05) is 35.8 Å². The number of rotatable bonds is 3. The highest BCUT2D eigenvalue weighted by Gasteiger charge is 2.23. The average molecular weight is 270 g/mol. The first-order chi connectivity index (χ1) is 9.17. The monoisotopic (exact) mass is 270 g/mol. The van der Waals surface area contributed by atoms with Crippen LogP contribution in [0.1, 0.15) is 18.9 Å². The molecule has 19 heavy (non-hydrogen) atoms. The van der Waals surface area contributed by atoms with Crippen LogP contribution < -0.4 is 5.32 Å². The molecule has 2 heterocycles. The van der Waals surface area contributed by atoms with E-state index in [0.717, 1.165) is 21.6 Å². The lowest BCUT2D eigenvalue weighted by molar-refractivity contribution is 0.604. The number of benzene rings is 1. The highest BCUT2D eigenvalue weighted by atomic mass is 32.1. The lowest BCUT2D eigenvalue weighted by Gasteiger charge is -2.25. The van der Waals surface area contributed by atoms with Crippen LogP contribution in [0, 0.1) is 0 Å². The summed E-state index contributed by atoms with van der Waals surface area (Å²) in [6.45, 7) is 4.22. The third-order valence-corrected chi connectivity index (χ3v) is 4.06. The molecule has 5 heteroatoms. The van der Waals surface area contributed by atoms with Crippen LogP contribution in [-0.2, 0) is 5.54 Å². The van der Waals surface area contributed by atoms with Crippen molar-refractivity contribution in [2.75, 3.05) is 5.32 Å². The van der Waals surface area contributed by atoms with E-state index in [-0.39, 0.29) is 5.54 Å². The molecular formula is C14H14N4S. The number of hydrogen-bond donors (Lipinski definition) is 1. The van der Waals surface area contributed by atoms with Crippen molar-refractivity contribution < 1.29 is 0 Å². The van der Waals surface area contributed by atoms with Crippen molar-refractivity contribution in [3.8, 4) is 0 Å². The number of thiazole rings is 1. The molecule has 0 radical (unpaired) electrons. The summed E-state index contributed by atoms with van der Waals surface area (Å²) in [6.07, 6.45) is 3.59. The molecule has 0 fully saturated rings. The van der Waals surface area contributed by atoms with Gasteiger partial charge < -0.3 is 5.32 Å². The molecule has 0 atom stereocenters. The van der Waals surface area contributed by atoms with Gasteiger partial charge in [-0.3, -0.25) is 0 Å². The average Bonchev–Trinajstić information content (AvgIpc) is 2.93. The molecule has 0 saturated carbocycles. The molecule has 1 N–H and O–H groups in total. The normalized spacial score (nSPS) is 11.7. The van der Waals surface area contributed by atoms with Crippen LogP contribution in [0.3, 0.4) is 0 Å². The molecule has 0 aliphatic heterocycles. The van der Waals surface area contributed by atoms with Crippen molar-refractivity contribution in [3.63, 3.8) is 0 Å². The van der Waals surface area contributed by atoms with Gasteiger partial charge in [0.1, 0.15) is 5.01 Å². The largest absolute Gasteiger partial charge is 0.372 e. The first kappa shape index (κ1) is 12.0. The number of hydrogen-bond acceptors (Lipinski definition) is 5. The van der Waals surface area contributed by atoms with E-state index in [1.54, 1.807) is 17.5 Å². The smallest absolute Gasteiger partial charge is 0.117 e. The molecule has 0 aliphatic carbocycles. The molecule has 0 saturated heterocycles. The third-order valence-electron chi connectivity index (χ3n) is 2.96. The maximum Gasteiger partial charge on any atom is 0.117 e. The third kappa shape index (κ3) is 2.29. The maximum absolute atomic E-state index is 4.38. The van der Waals surface area contributed by atoms with Gasteiger partial charge in [0.05, 0.1) is 22.9 Å². The van der Waals surface area contributed by atoms with E-state index in [2.05, 4.69) is 34.3 Å². The Morgan fingerprint density at radius 1 is 1.21 bits per heavy atom. The highest BCUT2D eigenvalue weighted by Crippen LogP contribution is 2.29. The minimum atomic E-state index is -0.236. The molecule has 4 nitrogen and oxygen atoms in total. The summed E-state index contributed by atoms with van der Waals surface area (Å²) < 4.78 is 0. The summed E-state index contributed by atoms with van der Waals surface area (Å²) in [4.78, 5) is 4.38. The predicted molar refractivity (Wildman–Crippen MR) is 78.3 cm³/mol. The topological polar surface area (TPSA) is 50.7 Å². The minimum Gasteiger partial charge on any atom is -0.372 e. The van der Waals surface area contributed by atoms with Crippen LogP contribution in [0.15, 0.2) is 42.0 Å². The van der Waals surface area contributed by atoms with Gasteiger partial charge in [-0.15, -0.1) is 11.3 Å². The van der Waals surface area contributed by atoms with E-state index in [4.69, 9.17) is 0 Å². The fourth-order valence-electron chi connectivity index (χ4n) is 2.03. The highest BCUT2D eigenvalue weighted by molar-refractivity contribution is 7.09. The van der Waals surface area contributed by atoms with Crippen molar-refractivity contribution in [1.29, 1.82) is 0 Å². The van der Waals surface area contributed by atoms with E-state index in [0.29, 0.717) is 0 Å². The minimum absolute atomic E-state index is 0.236. The molecule has 0 unspecified atom stereocenters. The Kier molecular flexibility index (Phi) is 2.91. The number of nitrogens with zero attached hydrogens (tertiary/aromatic N) is 3. The molecule has 2 aromatic heterocycles. The summed E-state index contributed by atoms with van der Waals surface area (Å²) in [5, 5.41) is 15.8. The van der Waals surface area contributed by atoms with Crippen LogP contribution in [0.25, 0.3) is 10.9 Å². The Bertz CT molecular complexity index is 686.